The van der Waals surface area contributed by atoms with E-state index in [4.69, 9.17) is 14.7 Å². The number of amides is 1. The summed E-state index contributed by atoms with van der Waals surface area (Å²) in [6, 6.07) is 15.9. The number of nitriles is 1. The molecule has 6 nitrogen and oxygen atoms in total. The molecule has 128 valence electrons. The standard InChI is InChI=1S/C18H15BrN2O4/c19-14-3-7-16(8-4-14)24-12-18(23)25-11-17(22)21-15-5-1-13(2-6-15)9-10-20/h1-8H,9,11-12H2,(H,21,22). The molecule has 7 heteroatoms. The maximum absolute atomic E-state index is 11.8. The molecule has 0 aromatic heterocycles. The van der Waals surface area contributed by atoms with Crippen LogP contribution in [0, 0.1) is 11.3 Å². The van der Waals surface area contributed by atoms with Crippen molar-refractivity contribution in [2.45, 2.75) is 6.42 Å². The number of hydrogen-bond donors (Lipinski definition) is 1. The number of carbonyl (C=O) groups excluding carboxylic acids is 2. The monoisotopic (exact) mass is 402 g/mol. The van der Waals surface area contributed by atoms with E-state index in [9.17, 15) is 9.59 Å². The number of ether oxygens (including phenoxy) is 2. The Hall–Kier alpha value is -2.85. The first-order valence-corrected chi connectivity index (χ1v) is 8.16. The summed E-state index contributed by atoms with van der Waals surface area (Å²) < 4.78 is 11.0. The van der Waals surface area contributed by atoms with Gasteiger partial charge in [-0.05, 0) is 42.0 Å². The maximum atomic E-state index is 11.8. The van der Waals surface area contributed by atoms with Gasteiger partial charge in [0.1, 0.15) is 5.75 Å². The molecule has 0 bridgehead atoms. The van der Waals surface area contributed by atoms with E-state index >= 15 is 0 Å². The van der Waals surface area contributed by atoms with Crippen LogP contribution < -0.4 is 10.1 Å². The maximum Gasteiger partial charge on any atom is 0.344 e. The third-order valence-corrected chi connectivity index (χ3v) is 3.58. The van der Waals surface area contributed by atoms with Crippen molar-refractivity contribution >= 4 is 33.5 Å². The second kappa shape index (κ2) is 9.45. The molecule has 1 N–H and O–H groups in total. The highest BCUT2D eigenvalue weighted by Crippen LogP contribution is 2.16. The van der Waals surface area contributed by atoms with Crippen molar-refractivity contribution in [1.29, 1.82) is 5.26 Å². The molecule has 25 heavy (non-hydrogen) atoms. The summed E-state index contributed by atoms with van der Waals surface area (Å²) in [5.74, 6) is -0.561. The Morgan fingerprint density at radius 3 is 2.36 bits per heavy atom. The zero-order valence-electron chi connectivity index (χ0n) is 13.2. The van der Waals surface area contributed by atoms with Crippen LogP contribution >= 0.6 is 15.9 Å². The normalized spacial score (nSPS) is 9.76. The van der Waals surface area contributed by atoms with Gasteiger partial charge in [-0.15, -0.1) is 0 Å². The van der Waals surface area contributed by atoms with E-state index in [1.807, 2.05) is 6.07 Å². The highest BCUT2D eigenvalue weighted by molar-refractivity contribution is 9.10. The average Bonchev–Trinajstić information content (AvgIpc) is 2.61. The lowest BCUT2D eigenvalue weighted by molar-refractivity contribution is -0.149. The number of rotatable bonds is 7. The number of esters is 1. The lowest BCUT2D eigenvalue weighted by Gasteiger charge is -2.08. The smallest absolute Gasteiger partial charge is 0.344 e. The van der Waals surface area contributed by atoms with E-state index in [0.29, 0.717) is 17.9 Å². The number of nitrogens with zero attached hydrogens (tertiary/aromatic N) is 1. The molecular formula is C18H15BrN2O4. The molecule has 0 aliphatic heterocycles. The van der Waals surface area contributed by atoms with Crippen LogP contribution in [0.3, 0.4) is 0 Å². The van der Waals surface area contributed by atoms with Gasteiger partial charge in [-0.1, -0.05) is 28.1 Å². The molecule has 0 unspecified atom stereocenters. The fourth-order valence-corrected chi connectivity index (χ4v) is 2.12. The van der Waals surface area contributed by atoms with Gasteiger partial charge in [0.05, 0.1) is 12.5 Å². The zero-order valence-corrected chi connectivity index (χ0v) is 14.8. The lowest BCUT2D eigenvalue weighted by atomic mass is 10.1. The first kappa shape index (κ1) is 18.5. The largest absolute Gasteiger partial charge is 0.482 e. The van der Waals surface area contributed by atoms with Crippen molar-refractivity contribution in [3.05, 3.63) is 58.6 Å². The number of carbonyl (C=O) groups is 2. The Morgan fingerprint density at radius 1 is 1.04 bits per heavy atom. The van der Waals surface area contributed by atoms with Crippen LogP contribution in [0.5, 0.6) is 5.75 Å². The highest BCUT2D eigenvalue weighted by atomic mass is 79.9. The molecule has 0 fully saturated rings. The van der Waals surface area contributed by atoms with Crippen LogP contribution in [-0.2, 0) is 20.7 Å². The first-order chi connectivity index (χ1) is 12.1. The number of hydrogen-bond acceptors (Lipinski definition) is 5. The second-order valence-electron chi connectivity index (χ2n) is 4.98. The van der Waals surface area contributed by atoms with Crippen LogP contribution in [0.15, 0.2) is 53.0 Å². The van der Waals surface area contributed by atoms with Crippen LogP contribution in [-0.4, -0.2) is 25.1 Å². The van der Waals surface area contributed by atoms with Gasteiger partial charge >= 0.3 is 5.97 Å². The van der Waals surface area contributed by atoms with Crippen molar-refractivity contribution in [2.24, 2.45) is 0 Å². The summed E-state index contributed by atoms with van der Waals surface area (Å²) in [4.78, 5) is 23.3. The van der Waals surface area contributed by atoms with Gasteiger partial charge < -0.3 is 14.8 Å². The minimum Gasteiger partial charge on any atom is -0.482 e. The fraction of sp³-hybridized carbons (Fsp3) is 0.167. The number of nitrogens with one attached hydrogen (secondary N) is 1. The van der Waals surface area contributed by atoms with Crippen LogP contribution in [0.4, 0.5) is 5.69 Å². The van der Waals surface area contributed by atoms with E-state index in [2.05, 4.69) is 21.2 Å². The summed E-state index contributed by atoms with van der Waals surface area (Å²) in [6.45, 7) is -0.680. The topological polar surface area (TPSA) is 88.4 Å². The van der Waals surface area contributed by atoms with Crippen molar-refractivity contribution in [3.63, 3.8) is 0 Å². The number of anilines is 1. The molecule has 2 rings (SSSR count). The molecule has 0 saturated heterocycles. The summed E-state index contributed by atoms with van der Waals surface area (Å²) in [5.41, 5.74) is 1.42. The lowest BCUT2D eigenvalue weighted by Crippen LogP contribution is -2.23. The summed E-state index contributed by atoms with van der Waals surface area (Å²) in [5, 5.41) is 11.2. The Labute approximate surface area is 153 Å². The molecular weight excluding hydrogens is 388 g/mol. The summed E-state index contributed by atoms with van der Waals surface area (Å²) in [6.07, 6.45) is 0.310. The Balaban J connectivity index is 1.71. The summed E-state index contributed by atoms with van der Waals surface area (Å²) in [7, 11) is 0. The van der Waals surface area contributed by atoms with Crippen LogP contribution in [0.25, 0.3) is 0 Å². The molecule has 0 aliphatic rings. The van der Waals surface area contributed by atoms with E-state index in [0.717, 1.165) is 10.0 Å². The molecule has 0 heterocycles. The van der Waals surface area contributed by atoms with Gasteiger partial charge in [-0.3, -0.25) is 4.79 Å². The second-order valence-corrected chi connectivity index (χ2v) is 5.90. The Bertz CT molecular complexity index is 767. The Kier molecular flexibility index (Phi) is 6.99. The molecule has 0 aliphatic carbocycles. The minimum atomic E-state index is -0.637. The molecule has 2 aromatic carbocycles. The van der Waals surface area contributed by atoms with Crippen molar-refractivity contribution in [1.82, 2.24) is 0 Å². The molecule has 2 aromatic rings. The molecule has 0 spiro atoms. The van der Waals surface area contributed by atoms with Gasteiger partial charge in [0.2, 0.25) is 0 Å². The van der Waals surface area contributed by atoms with Crippen LogP contribution in [0.2, 0.25) is 0 Å². The first-order valence-electron chi connectivity index (χ1n) is 7.36. The summed E-state index contributed by atoms with van der Waals surface area (Å²) >= 11 is 3.30. The zero-order chi connectivity index (χ0) is 18.1. The van der Waals surface area contributed by atoms with Crippen LogP contribution in [0.1, 0.15) is 5.56 Å². The van der Waals surface area contributed by atoms with Gasteiger partial charge in [0.15, 0.2) is 13.2 Å². The molecule has 0 saturated carbocycles. The van der Waals surface area contributed by atoms with E-state index in [1.165, 1.54) is 0 Å². The SMILES string of the molecule is N#CCc1ccc(NC(=O)COC(=O)COc2ccc(Br)cc2)cc1. The van der Waals surface area contributed by atoms with E-state index in [-0.39, 0.29) is 6.61 Å². The molecule has 1 amide bonds. The van der Waals surface area contributed by atoms with Gasteiger partial charge in [-0.2, -0.15) is 5.26 Å². The average molecular weight is 403 g/mol. The van der Waals surface area contributed by atoms with E-state index in [1.54, 1.807) is 48.5 Å². The third-order valence-electron chi connectivity index (χ3n) is 3.06. The van der Waals surface area contributed by atoms with Crippen molar-refractivity contribution < 1.29 is 19.1 Å². The van der Waals surface area contributed by atoms with Gasteiger partial charge in [0, 0.05) is 10.2 Å². The number of benzene rings is 2. The Morgan fingerprint density at radius 2 is 1.72 bits per heavy atom. The minimum absolute atomic E-state index is 0.280. The quantitative estimate of drug-likeness (QED) is 0.718. The third kappa shape index (κ3) is 6.65. The van der Waals surface area contributed by atoms with Gasteiger partial charge in [-0.25, -0.2) is 4.79 Å². The fourth-order valence-electron chi connectivity index (χ4n) is 1.86. The predicted octanol–water partition coefficient (Wildman–Crippen LogP) is 3.08. The highest BCUT2D eigenvalue weighted by Gasteiger charge is 2.09. The van der Waals surface area contributed by atoms with Gasteiger partial charge in [0.25, 0.3) is 5.91 Å². The van der Waals surface area contributed by atoms with Crippen molar-refractivity contribution in [2.75, 3.05) is 18.5 Å². The number of halogens is 1. The molecule has 0 atom stereocenters. The van der Waals surface area contributed by atoms with Crippen molar-refractivity contribution in [3.8, 4) is 11.8 Å². The van der Waals surface area contributed by atoms with E-state index < -0.39 is 18.5 Å². The predicted molar refractivity (Wildman–Crippen MR) is 95.0 cm³/mol. The molecule has 0 radical (unpaired) electrons.